The van der Waals surface area contributed by atoms with Crippen LogP contribution in [0.15, 0.2) is 47.4 Å². The molecule has 2 aromatic rings. The molecule has 2 aromatic carbocycles. The van der Waals surface area contributed by atoms with Crippen LogP contribution in [0.1, 0.15) is 22.7 Å². The Kier molecular flexibility index (Phi) is 5.21. The van der Waals surface area contributed by atoms with Crippen molar-refractivity contribution in [2.24, 2.45) is 0 Å². The number of halogens is 1. The summed E-state index contributed by atoms with van der Waals surface area (Å²) < 4.78 is 14.0. The number of rotatable bonds is 5. The predicted octanol–water partition coefficient (Wildman–Crippen LogP) is 4.50. The molecule has 0 saturated heterocycles. The average molecular weight is 289 g/mol. The first kappa shape index (κ1) is 15.1. The number of hydrogen-bond donors (Lipinski definition) is 1. The molecule has 0 radical (unpaired) electrons. The van der Waals surface area contributed by atoms with E-state index in [-0.39, 0.29) is 11.9 Å². The van der Waals surface area contributed by atoms with E-state index in [9.17, 15) is 4.39 Å². The van der Waals surface area contributed by atoms with Gasteiger partial charge in [-0.2, -0.15) is 0 Å². The van der Waals surface area contributed by atoms with Gasteiger partial charge in [0.05, 0.1) is 0 Å². The van der Waals surface area contributed by atoms with E-state index < -0.39 is 0 Å². The van der Waals surface area contributed by atoms with E-state index in [0.29, 0.717) is 0 Å². The normalized spacial score (nSPS) is 12.4. The molecule has 1 unspecified atom stereocenters. The fourth-order valence-corrected chi connectivity index (χ4v) is 3.31. The van der Waals surface area contributed by atoms with Crippen molar-refractivity contribution >= 4 is 11.8 Å². The van der Waals surface area contributed by atoms with Gasteiger partial charge in [0.25, 0.3) is 0 Å². The van der Waals surface area contributed by atoms with Gasteiger partial charge in [0.1, 0.15) is 5.82 Å². The van der Waals surface area contributed by atoms with Gasteiger partial charge in [-0.25, -0.2) is 4.39 Å². The Morgan fingerprint density at radius 1 is 1.15 bits per heavy atom. The van der Waals surface area contributed by atoms with Gasteiger partial charge in [0, 0.05) is 22.3 Å². The third-order valence-electron chi connectivity index (χ3n) is 3.37. The number of aryl methyl sites for hydroxylation is 2. The second-order valence-electron chi connectivity index (χ2n) is 4.94. The van der Waals surface area contributed by atoms with E-state index in [1.165, 1.54) is 10.5 Å². The standard InChI is InChI=1S/C17H20FNS/c1-12-8-9-15(18)14(10-12)16(19-3)11-20-17-7-5-4-6-13(17)2/h4-10,16,19H,11H2,1-3H3. The lowest BCUT2D eigenvalue weighted by Gasteiger charge is -2.18. The van der Waals surface area contributed by atoms with Crippen molar-refractivity contribution in [3.8, 4) is 0 Å². The molecular formula is C17H20FNS. The summed E-state index contributed by atoms with van der Waals surface area (Å²) in [5.74, 6) is 0.669. The minimum atomic E-state index is -0.139. The van der Waals surface area contributed by atoms with E-state index in [4.69, 9.17) is 0 Å². The fourth-order valence-electron chi connectivity index (χ4n) is 2.15. The zero-order valence-corrected chi connectivity index (χ0v) is 12.9. The maximum absolute atomic E-state index is 14.0. The molecule has 0 aromatic heterocycles. The highest BCUT2D eigenvalue weighted by Crippen LogP contribution is 2.28. The summed E-state index contributed by atoms with van der Waals surface area (Å²) in [5.41, 5.74) is 3.09. The molecule has 106 valence electrons. The molecular weight excluding hydrogens is 269 g/mol. The van der Waals surface area contributed by atoms with Crippen LogP contribution in [0, 0.1) is 19.7 Å². The lowest BCUT2D eigenvalue weighted by atomic mass is 10.1. The van der Waals surface area contributed by atoms with Crippen molar-refractivity contribution in [1.29, 1.82) is 0 Å². The summed E-state index contributed by atoms with van der Waals surface area (Å²) in [7, 11) is 1.88. The molecule has 0 spiro atoms. The molecule has 0 heterocycles. The Balaban J connectivity index is 2.13. The van der Waals surface area contributed by atoms with Gasteiger partial charge in [-0.15, -0.1) is 11.8 Å². The van der Waals surface area contributed by atoms with Crippen LogP contribution in [0.25, 0.3) is 0 Å². The summed E-state index contributed by atoms with van der Waals surface area (Å²) in [6.45, 7) is 4.09. The largest absolute Gasteiger partial charge is 0.312 e. The third kappa shape index (κ3) is 3.62. The summed E-state index contributed by atoms with van der Waals surface area (Å²) in [6, 6.07) is 13.6. The molecule has 0 aliphatic heterocycles. The van der Waals surface area contributed by atoms with Gasteiger partial charge in [0.2, 0.25) is 0 Å². The second-order valence-corrected chi connectivity index (χ2v) is 6.00. The predicted molar refractivity (Wildman–Crippen MR) is 84.8 cm³/mol. The average Bonchev–Trinajstić information content (AvgIpc) is 2.45. The summed E-state index contributed by atoms with van der Waals surface area (Å²) in [4.78, 5) is 1.25. The molecule has 1 atom stereocenters. The number of nitrogens with one attached hydrogen (secondary N) is 1. The number of thioether (sulfide) groups is 1. The third-order valence-corrected chi connectivity index (χ3v) is 4.64. The Morgan fingerprint density at radius 2 is 1.90 bits per heavy atom. The molecule has 0 aliphatic rings. The van der Waals surface area contributed by atoms with E-state index >= 15 is 0 Å². The molecule has 20 heavy (non-hydrogen) atoms. The van der Waals surface area contributed by atoms with Crippen molar-refractivity contribution in [3.63, 3.8) is 0 Å². The van der Waals surface area contributed by atoms with Crippen molar-refractivity contribution < 1.29 is 4.39 Å². The molecule has 1 nitrogen and oxygen atoms in total. The molecule has 0 aliphatic carbocycles. The first-order chi connectivity index (χ1) is 9.61. The van der Waals surface area contributed by atoms with Gasteiger partial charge in [-0.1, -0.05) is 35.9 Å². The summed E-state index contributed by atoms with van der Waals surface area (Å²) >= 11 is 1.76. The van der Waals surface area contributed by atoms with E-state index in [1.807, 2.05) is 32.2 Å². The monoisotopic (exact) mass is 289 g/mol. The van der Waals surface area contributed by atoms with Crippen LogP contribution < -0.4 is 5.32 Å². The van der Waals surface area contributed by atoms with E-state index in [2.05, 4.69) is 24.4 Å². The van der Waals surface area contributed by atoms with E-state index in [0.717, 1.165) is 16.9 Å². The van der Waals surface area contributed by atoms with Gasteiger partial charge in [-0.3, -0.25) is 0 Å². The van der Waals surface area contributed by atoms with Crippen LogP contribution in [0.5, 0.6) is 0 Å². The van der Waals surface area contributed by atoms with Crippen LogP contribution in [0.4, 0.5) is 4.39 Å². The topological polar surface area (TPSA) is 12.0 Å². The summed E-state index contributed by atoms with van der Waals surface area (Å²) in [5, 5.41) is 3.22. The Bertz CT molecular complexity index is 583. The van der Waals surface area contributed by atoms with Crippen molar-refractivity contribution in [2.45, 2.75) is 24.8 Å². The van der Waals surface area contributed by atoms with Crippen LogP contribution in [0.3, 0.4) is 0 Å². The summed E-state index contributed by atoms with van der Waals surface area (Å²) in [6.07, 6.45) is 0. The Hall–Kier alpha value is -1.32. The van der Waals surface area contributed by atoms with Crippen molar-refractivity contribution in [2.75, 3.05) is 12.8 Å². The number of hydrogen-bond acceptors (Lipinski definition) is 2. The van der Waals surface area contributed by atoms with Crippen LogP contribution in [-0.2, 0) is 0 Å². The number of benzene rings is 2. The van der Waals surface area contributed by atoms with Crippen molar-refractivity contribution in [1.82, 2.24) is 5.32 Å². The first-order valence-corrected chi connectivity index (χ1v) is 7.72. The van der Waals surface area contributed by atoms with E-state index in [1.54, 1.807) is 23.9 Å². The van der Waals surface area contributed by atoms with Crippen molar-refractivity contribution in [3.05, 3.63) is 65.0 Å². The lowest BCUT2D eigenvalue weighted by molar-refractivity contribution is 0.565. The highest BCUT2D eigenvalue weighted by molar-refractivity contribution is 7.99. The minimum Gasteiger partial charge on any atom is -0.312 e. The van der Waals surface area contributed by atoms with Crippen LogP contribution in [0.2, 0.25) is 0 Å². The highest BCUT2D eigenvalue weighted by Gasteiger charge is 2.15. The van der Waals surface area contributed by atoms with Gasteiger partial charge in [-0.05, 0) is 38.6 Å². The SMILES string of the molecule is CNC(CSc1ccccc1C)c1cc(C)ccc1F. The molecule has 1 N–H and O–H groups in total. The van der Waals surface area contributed by atoms with Gasteiger partial charge < -0.3 is 5.32 Å². The Morgan fingerprint density at radius 3 is 2.60 bits per heavy atom. The molecule has 0 bridgehead atoms. The van der Waals surface area contributed by atoms with Gasteiger partial charge in [0.15, 0.2) is 0 Å². The first-order valence-electron chi connectivity index (χ1n) is 6.73. The van der Waals surface area contributed by atoms with Crippen LogP contribution in [-0.4, -0.2) is 12.8 Å². The Labute approximate surface area is 124 Å². The molecule has 0 fully saturated rings. The van der Waals surface area contributed by atoms with Gasteiger partial charge >= 0.3 is 0 Å². The smallest absolute Gasteiger partial charge is 0.128 e. The zero-order valence-electron chi connectivity index (χ0n) is 12.1. The lowest BCUT2D eigenvalue weighted by Crippen LogP contribution is -2.20. The second kappa shape index (κ2) is 6.91. The van der Waals surface area contributed by atoms with Crippen LogP contribution >= 0.6 is 11.8 Å². The quantitative estimate of drug-likeness (QED) is 0.814. The maximum atomic E-state index is 14.0. The molecule has 0 saturated carbocycles. The minimum absolute atomic E-state index is 0.0134. The molecule has 2 rings (SSSR count). The zero-order chi connectivity index (χ0) is 14.5. The maximum Gasteiger partial charge on any atom is 0.128 e. The molecule has 3 heteroatoms. The molecule has 0 amide bonds. The highest BCUT2D eigenvalue weighted by atomic mass is 32.2. The fraction of sp³-hybridized carbons (Fsp3) is 0.294.